The Kier molecular flexibility index (Phi) is 4.06. The first-order valence-electron chi connectivity index (χ1n) is 7.11. The van der Waals surface area contributed by atoms with E-state index in [0.717, 1.165) is 39.0 Å². The molecule has 5 heteroatoms. The molecule has 2 aliphatic rings. The van der Waals surface area contributed by atoms with Gasteiger partial charge in [0.2, 0.25) is 0 Å². The molecule has 0 aliphatic carbocycles. The molecule has 0 radical (unpaired) electrons. The molecule has 0 bridgehead atoms. The molecule has 0 aromatic carbocycles. The molecule has 5 nitrogen and oxygen atoms in total. The molecule has 1 amide bonds. The Labute approximate surface area is 115 Å². The summed E-state index contributed by atoms with van der Waals surface area (Å²) in [7, 11) is 0. The van der Waals surface area contributed by atoms with Gasteiger partial charge in [0.1, 0.15) is 5.60 Å². The maximum Gasteiger partial charge on any atom is 0.410 e. The van der Waals surface area contributed by atoms with Crippen LogP contribution in [-0.4, -0.2) is 48.9 Å². The Hall–Kier alpha value is -0.810. The summed E-state index contributed by atoms with van der Waals surface area (Å²) in [5.74, 6) is 0. The van der Waals surface area contributed by atoms with Crippen molar-refractivity contribution in [3.05, 3.63) is 0 Å². The van der Waals surface area contributed by atoms with Gasteiger partial charge in [-0.3, -0.25) is 0 Å². The van der Waals surface area contributed by atoms with E-state index in [9.17, 15) is 4.79 Å². The summed E-state index contributed by atoms with van der Waals surface area (Å²) >= 11 is 0. The molecule has 0 aromatic rings. The van der Waals surface area contributed by atoms with Gasteiger partial charge in [-0.1, -0.05) is 0 Å². The van der Waals surface area contributed by atoms with Crippen molar-refractivity contribution >= 4 is 6.09 Å². The molecule has 2 rings (SSSR count). The zero-order valence-corrected chi connectivity index (χ0v) is 12.3. The number of nitrogens with zero attached hydrogens (tertiary/aromatic N) is 1. The lowest BCUT2D eigenvalue weighted by Gasteiger charge is -2.47. The van der Waals surface area contributed by atoms with Gasteiger partial charge in [0.05, 0.1) is 0 Å². The molecule has 0 saturated carbocycles. The van der Waals surface area contributed by atoms with Gasteiger partial charge in [0.15, 0.2) is 0 Å². The van der Waals surface area contributed by atoms with Crippen molar-refractivity contribution in [1.82, 2.24) is 4.90 Å². The average Bonchev–Trinajstić information content (AvgIpc) is 2.26. The van der Waals surface area contributed by atoms with Gasteiger partial charge >= 0.3 is 6.09 Å². The van der Waals surface area contributed by atoms with Crippen LogP contribution in [0.3, 0.4) is 0 Å². The van der Waals surface area contributed by atoms with Crippen molar-refractivity contribution in [3.8, 4) is 0 Å². The summed E-state index contributed by atoms with van der Waals surface area (Å²) in [4.78, 5) is 14.0. The largest absolute Gasteiger partial charge is 0.444 e. The number of piperidine rings is 1. The van der Waals surface area contributed by atoms with E-state index in [1.54, 1.807) is 4.90 Å². The fourth-order valence-electron chi connectivity index (χ4n) is 3.07. The number of hydrogen-bond donors (Lipinski definition) is 1. The van der Waals surface area contributed by atoms with Crippen LogP contribution >= 0.6 is 0 Å². The molecule has 1 unspecified atom stereocenters. The molecule has 1 atom stereocenters. The van der Waals surface area contributed by atoms with Gasteiger partial charge in [0, 0.05) is 32.3 Å². The third-order valence-electron chi connectivity index (χ3n) is 3.88. The van der Waals surface area contributed by atoms with E-state index < -0.39 is 5.60 Å². The lowest BCUT2D eigenvalue weighted by molar-refractivity contribution is -0.0422. The topological polar surface area (TPSA) is 64.8 Å². The maximum atomic E-state index is 12.2. The summed E-state index contributed by atoms with van der Waals surface area (Å²) in [6.45, 7) is 8.55. The van der Waals surface area contributed by atoms with Crippen LogP contribution in [0.2, 0.25) is 0 Å². The molecule has 2 fully saturated rings. The van der Waals surface area contributed by atoms with Crippen LogP contribution in [0, 0.1) is 5.41 Å². The van der Waals surface area contributed by atoms with Crippen LogP contribution in [0.1, 0.15) is 40.0 Å². The Bertz CT molecular complexity index is 332. The molecule has 2 saturated heterocycles. The smallest absolute Gasteiger partial charge is 0.410 e. The van der Waals surface area contributed by atoms with Crippen LogP contribution in [-0.2, 0) is 9.47 Å². The van der Waals surface area contributed by atoms with Crippen LogP contribution in [0.5, 0.6) is 0 Å². The summed E-state index contributed by atoms with van der Waals surface area (Å²) in [5, 5.41) is 0. The first kappa shape index (κ1) is 14.6. The van der Waals surface area contributed by atoms with Gasteiger partial charge in [-0.05, 0) is 45.4 Å². The Balaban J connectivity index is 2.03. The fraction of sp³-hybridized carbons (Fsp3) is 0.929. The Morgan fingerprint density at radius 2 is 2.00 bits per heavy atom. The number of carbonyl (C=O) groups is 1. The van der Waals surface area contributed by atoms with Crippen molar-refractivity contribution in [1.29, 1.82) is 0 Å². The normalized spacial score (nSPS) is 27.4. The number of carbonyl (C=O) groups excluding carboxylic acids is 1. The van der Waals surface area contributed by atoms with Crippen molar-refractivity contribution < 1.29 is 14.3 Å². The predicted octanol–water partition coefficient (Wildman–Crippen LogP) is 1.75. The molecule has 2 heterocycles. The predicted molar refractivity (Wildman–Crippen MR) is 72.9 cm³/mol. The first-order valence-corrected chi connectivity index (χ1v) is 7.11. The standard InChI is InChI=1S/C14H26N2O3/c1-13(2,3)19-12(17)16-9-11(15)8-14(10-16)4-6-18-7-5-14/h11H,4-10,15H2,1-3H3. The second-order valence-corrected chi connectivity index (χ2v) is 6.94. The minimum absolute atomic E-state index is 0.0411. The van der Waals surface area contributed by atoms with Crippen molar-refractivity contribution in [2.45, 2.75) is 51.7 Å². The number of ether oxygens (including phenoxy) is 2. The molecular weight excluding hydrogens is 244 g/mol. The molecule has 110 valence electrons. The van der Waals surface area contributed by atoms with E-state index in [1.165, 1.54) is 0 Å². The Morgan fingerprint density at radius 3 is 2.58 bits per heavy atom. The highest BCUT2D eigenvalue weighted by atomic mass is 16.6. The zero-order chi connectivity index (χ0) is 14.1. The van der Waals surface area contributed by atoms with Crippen LogP contribution in [0.15, 0.2) is 0 Å². The van der Waals surface area contributed by atoms with E-state index >= 15 is 0 Å². The van der Waals surface area contributed by atoms with Crippen LogP contribution in [0.4, 0.5) is 4.79 Å². The molecule has 2 N–H and O–H groups in total. The highest BCUT2D eigenvalue weighted by Crippen LogP contribution is 2.39. The number of hydrogen-bond acceptors (Lipinski definition) is 4. The van der Waals surface area contributed by atoms with E-state index in [0.29, 0.717) is 6.54 Å². The lowest BCUT2D eigenvalue weighted by atomic mass is 9.72. The SMILES string of the molecule is CC(C)(C)OC(=O)N1CC(N)CC2(CCOCC2)C1. The van der Waals surface area contributed by atoms with Gasteiger partial charge in [-0.15, -0.1) is 0 Å². The maximum absolute atomic E-state index is 12.2. The van der Waals surface area contributed by atoms with Gasteiger partial charge in [0.25, 0.3) is 0 Å². The summed E-state index contributed by atoms with van der Waals surface area (Å²) in [6.07, 6.45) is 2.71. The highest BCUT2D eigenvalue weighted by molar-refractivity contribution is 5.68. The third-order valence-corrected chi connectivity index (χ3v) is 3.88. The molecule has 2 aliphatic heterocycles. The van der Waals surface area contributed by atoms with Crippen molar-refractivity contribution in [2.24, 2.45) is 11.1 Å². The van der Waals surface area contributed by atoms with Crippen LogP contribution in [0.25, 0.3) is 0 Å². The summed E-state index contributed by atoms with van der Waals surface area (Å²) in [5.41, 5.74) is 5.82. The lowest BCUT2D eigenvalue weighted by Crippen LogP contribution is -2.56. The van der Waals surface area contributed by atoms with E-state index in [-0.39, 0.29) is 17.6 Å². The minimum atomic E-state index is -0.457. The van der Waals surface area contributed by atoms with Gasteiger partial charge in [-0.2, -0.15) is 0 Å². The van der Waals surface area contributed by atoms with Crippen molar-refractivity contribution in [2.75, 3.05) is 26.3 Å². The number of amides is 1. The molecule has 0 aromatic heterocycles. The molecular formula is C14H26N2O3. The summed E-state index contributed by atoms with van der Waals surface area (Å²) in [6, 6.07) is 0.0411. The van der Waals surface area contributed by atoms with E-state index in [4.69, 9.17) is 15.2 Å². The molecule has 19 heavy (non-hydrogen) atoms. The highest BCUT2D eigenvalue weighted by Gasteiger charge is 2.42. The number of rotatable bonds is 0. The second kappa shape index (κ2) is 5.29. The quantitative estimate of drug-likeness (QED) is 0.728. The number of nitrogens with two attached hydrogens (primary N) is 1. The fourth-order valence-corrected chi connectivity index (χ4v) is 3.07. The molecule has 1 spiro atoms. The number of likely N-dealkylation sites (tertiary alicyclic amines) is 1. The monoisotopic (exact) mass is 270 g/mol. The van der Waals surface area contributed by atoms with Gasteiger partial charge < -0.3 is 20.1 Å². The van der Waals surface area contributed by atoms with Crippen molar-refractivity contribution in [3.63, 3.8) is 0 Å². The van der Waals surface area contributed by atoms with Crippen LogP contribution < -0.4 is 5.73 Å². The van der Waals surface area contributed by atoms with E-state index in [2.05, 4.69) is 0 Å². The second-order valence-electron chi connectivity index (χ2n) is 6.94. The summed E-state index contributed by atoms with van der Waals surface area (Å²) < 4.78 is 10.9. The average molecular weight is 270 g/mol. The third kappa shape index (κ3) is 3.83. The Morgan fingerprint density at radius 1 is 1.37 bits per heavy atom. The minimum Gasteiger partial charge on any atom is -0.444 e. The zero-order valence-electron chi connectivity index (χ0n) is 12.3. The van der Waals surface area contributed by atoms with E-state index in [1.807, 2.05) is 20.8 Å². The first-order chi connectivity index (χ1) is 8.80. The van der Waals surface area contributed by atoms with Gasteiger partial charge in [-0.25, -0.2) is 4.79 Å².